The van der Waals surface area contributed by atoms with Gasteiger partial charge in [0, 0.05) is 13.0 Å². The number of aliphatic imine (C=N–C) groups is 1. The summed E-state index contributed by atoms with van der Waals surface area (Å²) in [5.41, 5.74) is 5.45. The van der Waals surface area contributed by atoms with Crippen LogP contribution in [0, 0.1) is 5.92 Å². The molecule has 1 aliphatic heterocycles. The van der Waals surface area contributed by atoms with E-state index in [0.29, 0.717) is 12.6 Å². The fraction of sp³-hybridized carbons (Fsp3) is 0.900. The fourth-order valence-corrected chi connectivity index (χ4v) is 2.28. The van der Waals surface area contributed by atoms with Gasteiger partial charge in [-0.15, -0.1) is 0 Å². The van der Waals surface area contributed by atoms with Gasteiger partial charge in [-0.2, -0.15) is 0 Å². The Kier molecular flexibility index (Phi) is 2.83. The molecule has 0 aromatic heterocycles. The van der Waals surface area contributed by atoms with Crippen molar-refractivity contribution in [3.8, 4) is 0 Å². The zero-order valence-electron chi connectivity index (χ0n) is 8.04. The van der Waals surface area contributed by atoms with E-state index >= 15 is 0 Å². The Hall–Kier alpha value is -0.570. The predicted octanol–water partition coefficient (Wildman–Crippen LogP) is 1.32. The van der Waals surface area contributed by atoms with Gasteiger partial charge in [-0.05, 0) is 18.8 Å². The maximum atomic E-state index is 5.49. The van der Waals surface area contributed by atoms with Crippen LogP contribution in [0.1, 0.15) is 32.1 Å². The normalized spacial score (nSPS) is 29.0. The molecule has 1 saturated carbocycles. The molecule has 1 fully saturated rings. The van der Waals surface area contributed by atoms with Crippen LogP contribution in [-0.4, -0.2) is 25.1 Å². The highest BCUT2D eigenvalue weighted by Crippen LogP contribution is 2.31. The molecule has 1 unspecified atom stereocenters. The van der Waals surface area contributed by atoms with E-state index in [1.165, 1.54) is 25.7 Å². The van der Waals surface area contributed by atoms with Gasteiger partial charge in [0.15, 0.2) is 5.90 Å². The molecule has 1 heterocycles. The van der Waals surface area contributed by atoms with Crippen LogP contribution in [-0.2, 0) is 4.74 Å². The van der Waals surface area contributed by atoms with Crippen LogP contribution in [0.15, 0.2) is 4.99 Å². The molecule has 1 atom stereocenters. The highest BCUT2D eigenvalue weighted by molar-refractivity contribution is 5.77. The van der Waals surface area contributed by atoms with Crippen molar-refractivity contribution < 1.29 is 4.74 Å². The van der Waals surface area contributed by atoms with Crippen molar-refractivity contribution in [1.29, 1.82) is 0 Å². The first-order valence-electron chi connectivity index (χ1n) is 5.29. The minimum absolute atomic E-state index is 0.448. The molecule has 0 bridgehead atoms. The van der Waals surface area contributed by atoms with Gasteiger partial charge in [-0.3, -0.25) is 0 Å². The fourth-order valence-electron chi connectivity index (χ4n) is 2.28. The van der Waals surface area contributed by atoms with E-state index in [0.717, 1.165) is 24.8 Å². The topological polar surface area (TPSA) is 47.6 Å². The Morgan fingerprint density at radius 3 is 2.85 bits per heavy atom. The number of rotatable bonds is 3. The molecule has 0 aromatic rings. The van der Waals surface area contributed by atoms with E-state index in [9.17, 15) is 0 Å². The highest BCUT2D eigenvalue weighted by atomic mass is 16.5. The third kappa shape index (κ3) is 2.02. The summed E-state index contributed by atoms with van der Waals surface area (Å²) in [6.45, 7) is 1.45. The Balaban J connectivity index is 1.88. The quantitative estimate of drug-likeness (QED) is 0.715. The molecule has 0 spiro atoms. The van der Waals surface area contributed by atoms with Crippen LogP contribution < -0.4 is 5.73 Å². The zero-order valence-corrected chi connectivity index (χ0v) is 8.04. The second kappa shape index (κ2) is 4.09. The maximum absolute atomic E-state index is 5.49. The molecular formula is C10H18N2O. The Morgan fingerprint density at radius 1 is 1.38 bits per heavy atom. The first-order chi connectivity index (χ1) is 6.40. The van der Waals surface area contributed by atoms with Crippen molar-refractivity contribution in [3.63, 3.8) is 0 Å². The molecule has 74 valence electrons. The van der Waals surface area contributed by atoms with E-state index in [1.807, 2.05) is 0 Å². The molecule has 2 N–H and O–H groups in total. The third-order valence-corrected chi connectivity index (χ3v) is 3.03. The molecular weight excluding hydrogens is 164 g/mol. The van der Waals surface area contributed by atoms with Gasteiger partial charge < -0.3 is 10.5 Å². The van der Waals surface area contributed by atoms with Crippen LogP contribution >= 0.6 is 0 Å². The van der Waals surface area contributed by atoms with Crippen molar-refractivity contribution in [1.82, 2.24) is 0 Å². The first kappa shape index (κ1) is 9.00. The lowest BCUT2D eigenvalue weighted by molar-refractivity contribution is 0.274. The van der Waals surface area contributed by atoms with E-state index in [-0.39, 0.29) is 0 Å². The summed E-state index contributed by atoms with van der Waals surface area (Å²) in [5, 5.41) is 0. The largest absolute Gasteiger partial charge is 0.479 e. The van der Waals surface area contributed by atoms with Crippen molar-refractivity contribution in [2.24, 2.45) is 16.6 Å². The van der Waals surface area contributed by atoms with Gasteiger partial charge in [-0.25, -0.2) is 4.99 Å². The van der Waals surface area contributed by atoms with Crippen LogP contribution in [0.25, 0.3) is 0 Å². The Morgan fingerprint density at radius 2 is 2.15 bits per heavy atom. The molecule has 0 aromatic carbocycles. The lowest BCUT2D eigenvalue weighted by Gasteiger charge is -2.11. The highest BCUT2D eigenvalue weighted by Gasteiger charge is 2.29. The van der Waals surface area contributed by atoms with E-state index in [2.05, 4.69) is 4.99 Å². The van der Waals surface area contributed by atoms with Crippen molar-refractivity contribution >= 4 is 5.90 Å². The maximum Gasteiger partial charge on any atom is 0.184 e. The second-order valence-electron chi connectivity index (χ2n) is 3.98. The summed E-state index contributed by atoms with van der Waals surface area (Å²) in [7, 11) is 0. The van der Waals surface area contributed by atoms with Crippen LogP contribution in [0.4, 0.5) is 0 Å². The summed E-state index contributed by atoms with van der Waals surface area (Å²) in [6.07, 6.45) is 6.25. The van der Waals surface area contributed by atoms with Gasteiger partial charge in [0.25, 0.3) is 0 Å². The summed E-state index contributed by atoms with van der Waals surface area (Å²) >= 11 is 0. The number of hydrogen-bond donors (Lipinski definition) is 1. The van der Waals surface area contributed by atoms with Crippen LogP contribution in [0.2, 0.25) is 0 Å². The summed E-state index contributed by atoms with van der Waals surface area (Å²) < 4.78 is 5.49. The Bertz CT molecular complexity index is 197. The third-order valence-electron chi connectivity index (χ3n) is 3.03. The van der Waals surface area contributed by atoms with E-state index in [1.54, 1.807) is 0 Å². The minimum Gasteiger partial charge on any atom is -0.479 e. The average Bonchev–Trinajstić information content (AvgIpc) is 2.70. The van der Waals surface area contributed by atoms with Crippen molar-refractivity contribution in [2.45, 2.75) is 38.1 Å². The van der Waals surface area contributed by atoms with Crippen LogP contribution in [0.3, 0.4) is 0 Å². The monoisotopic (exact) mass is 182 g/mol. The molecule has 3 heteroatoms. The number of nitrogens with two attached hydrogens (primary N) is 1. The zero-order chi connectivity index (χ0) is 9.10. The van der Waals surface area contributed by atoms with Crippen LogP contribution in [0.5, 0.6) is 0 Å². The second-order valence-corrected chi connectivity index (χ2v) is 3.98. The van der Waals surface area contributed by atoms with Crippen molar-refractivity contribution in [2.75, 3.05) is 13.2 Å². The van der Waals surface area contributed by atoms with Gasteiger partial charge in [-0.1, -0.05) is 12.8 Å². The molecule has 0 radical (unpaired) electrons. The number of nitrogens with zero attached hydrogens (tertiary/aromatic N) is 1. The molecule has 0 amide bonds. The summed E-state index contributed by atoms with van der Waals surface area (Å²) in [5.74, 6) is 1.68. The van der Waals surface area contributed by atoms with Crippen molar-refractivity contribution in [3.05, 3.63) is 0 Å². The average molecular weight is 182 g/mol. The molecule has 1 aliphatic carbocycles. The number of hydrogen-bond acceptors (Lipinski definition) is 3. The molecule has 2 aliphatic rings. The van der Waals surface area contributed by atoms with Gasteiger partial charge in [0.1, 0.15) is 6.61 Å². The Labute approximate surface area is 79.4 Å². The SMILES string of the molecule is NCCC1=NC(C2CCCC2)CO1. The number of ether oxygens (including phenoxy) is 1. The lowest BCUT2D eigenvalue weighted by atomic mass is 10.00. The lowest BCUT2D eigenvalue weighted by Crippen LogP contribution is -2.16. The standard InChI is InChI=1S/C10H18N2O/c11-6-5-10-12-9(7-13-10)8-3-1-2-4-8/h8-9H,1-7,11H2. The van der Waals surface area contributed by atoms with E-state index < -0.39 is 0 Å². The first-order valence-corrected chi connectivity index (χ1v) is 5.29. The molecule has 13 heavy (non-hydrogen) atoms. The van der Waals surface area contributed by atoms with Gasteiger partial charge in [0.2, 0.25) is 0 Å². The summed E-state index contributed by atoms with van der Waals surface area (Å²) in [4.78, 5) is 4.57. The molecule has 0 saturated heterocycles. The summed E-state index contributed by atoms with van der Waals surface area (Å²) in [6, 6.07) is 0.448. The minimum atomic E-state index is 0.448. The van der Waals surface area contributed by atoms with Gasteiger partial charge >= 0.3 is 0 Å². The van der Waals surface area contributed by atoms with E-state index in [4.69, 9.17) is 10.5 Å². The predicted molar refractivity (Wildman–Crippen MR) is 52.8 cm³/mol. The molecule has 2 rings (SSSR count). The smallest absolute Gasteiger partial charge is 0.184 e. The van der Waals surface area contributed by atoms with Gasteiger partial charge in [0.05, 0.1) is 6.04 Å². The molecule has 3 nitrogen and oxygen atoms in total.